The number of aliphatic carboxylic acids is 1. The van der Waals surface area contributed by atoms with Gasteiger partial charge in [0, 0.05) is 0 Å². The zero-order chi connectivity index (χ0) is 24.9. The van der Waals surface area contributed by atoms with Gasteiger partial charge in [0.25, 0.3) is 0 Å². The molecule has 0 saturated heterocycles. The lowest BCUT2D eigenvalue weighted by Gasteiger charge is -2.38. The van der Waals surface area contributed by atoms with Crippen LogP contribution in [0.4, 0.5) is 8.78 Å². The summed E-state index contributed by atoms with van der Waals surface area (Å²) < 4.78 is 35.8. The number of nitriles is 1. The predicted molar refractivity (Wildman–Crippen MR) is 123 cm³/mol. The molecule has 0 amide bonds. The van der Waals surface area contributed by atoms with Crippen molar-refractivity contribution in [2.24, 2.45) is 5.92 Å². The van der Waals surface area contributed by atoms with Crippen molar-refractivity contribution < 1.29 is 28.2 Å². The summed E-state index contributed by atoms with van der Waals surface area (Å²) in [5.74, 6) is -1.78. The SMILES string of the molecule is Cc1cc(C(C(=O)O)(C(C)C)C(C#N)c2cccc(Oc3ccccc3)c2)ccc1OC(F)F. The van der Waals surface area contributed by atoms with Crippen LogP contribution in [-0.4, -0.2) is 17.7 Å². The number of para-hydroxylation sites is 1. The molecule has 0 spiro atoms. The Morgan fingerprint density at radius 3 is 2.24 bits per heavy atom. The molecule has 3 aromatic rings. The molecule has 2 unspecified atom stereocenters. The summed E-state index contributed by atoms with van der Waals surface area (Å²) >= 11 is 0. The van der Waals surface area contributed by atoms with Crippen LogP contribution < -0.4 is 9.47 Å². The van der Waals surface area contributed by atoms with Crippen LogP contribution in [0, 0.1) is 24.2 Å². The van der Waals surface area contributed by atoms with Crippen molar-refractivity contribution in [2.75, 3.05) is 0 Å². The zero-order valence-corrected chi connectivity index (χ0v) is 19.0. The van der Waals surface area contributed by atoms with E-state index in [9.17, 15) is 23.9 Å². The van der Waals surface area contributed by atoms with Gasteiger partial charge >= 0.3 is 12.6 Å². The molecule has 0 heterocycles. The summed E-state index contributed by atoms with van der Waals surface area (Å²) in [6.45, 7) is 2.01. The minimum absolute atomic E-state index is 0.0476. The number of halogens is 2. The van der Waals surface area contributed by atoms with Crippen molar-refractivity contribution in [3.63, 3.8) is 0 Å². The van der Waals surface area contributed by atoms with E-state index in [1.54, 1.807) is 57.2 Å². The maximum Gasteiger partial charge on any atom is 0.387 e. The zero-order valence-electron chi connectivity index (χ0n) is 19.0. The number of carboxylic acid groups (broad SMARTS) is 1. The Labute approximate surface area is 197 Å². The summed E-state index contributed by atoms with van der Waals surface area (Å²) in [4.78, 5) is 12.9. The quantitative estimate of drug-likeness (QED) is 0.382. The second-order valence-corrected chi connectivity index (χ2v) is 8.24. The average molecular weight is 465 g/mol. The van der Waals surface area contributed by atoms with Gasteiger partial charge in [0.05, 0.1) is 12.0 Å². The Hall–Kier alpha value is -3.92. The maximum absolute atomic E-state index is 12.9. The molecule has 0 radical (unpaired) electrons. The standard InChI is InChI=1S/C27H25F2NO4/c1-17(2)27(25(31)32,20-12-13-24(18(3)14-20)34-26(28)29)23(16-30)19-8-7-11-22(15-19)33-21-9-5-4-6-10-21/h4-15,17,23,26H,1-3H3,(H,31,32). The Bertz CT molecular complexity index is 1190. The smallest absolute Gasteiger partial charge is 0.387 e. The maximum atomic E-state index is 12.9. The summed E-state index contributed by atoms with van der Waals surface area (Å²) in [5.41, 5.74) is -0.511. The van der Waals surface area contributed by atoms with Crippen LogP contribution in [0.3, 0.4) is 0 Å². The fourth-order valence-electron chi connectivity index (χ4n) is 4.28. The monoisotopic (exact) mass is 465 g/mol. The van der Waals surface area contributed by atoms with Gasteiger partial charge in [0.2, 0.25) is 0 Å². The third-order valence-corrected chi connectivity index (χ3v) is 5.89. The Morgan fingerprint density at radius 2 is 1.68 bits per heavy atom. The Morgan fingerprint density at radius 1 is 1.00 bits per heavy atom. The normalized spacial score (nSPS) is 13.7. The van der Waals surface area contributed by atoms with Gasteiger partial charge in [-0.2, -0.15) is 14.0 Å². The van der Waals surface area contributed by atoms with Crippen LogP contribution in [0.2, 0.25) is 0 Å². The number of carboxylic acids is 1. The number of ether oxygens (including phenoxy) is 2. The van der Waals surface area contributed by atoms with Gasteiger partial charge in [-0.3, -0.25) is 4.79 Å². The number of hydrogen-bond donors (Lipinski definition) is 1. The molecule has 0 aromatic heterocycles. The number of hydrogen-bond acceptors (Lipinski definition) is 4. The van der Waals surface area contributed by atoms with Crippen molar-refractivity contribution in [1.29, 1.82) is 5.26 Å². The molecule has 34 heavy (non-hydrogen) atoms. The topological polar surface area (TPSA) is 79.5 Å². The van der Waals surface area contributed by atoms with Gasteiger partial charge in [-0.15, -0.1) is 0 Å². The lowest BCUT2D eigenvalue weighted by atomic mass is 9.61. The highest BCUT2D eigenvalue weighted by Crippen LogP contribution is 2.46. The molecular weight excluding hydrogens is 440 g/mol. The number of nitrogens with zero attached hydrogens (tertiary/aromatic N) is 1. The molecule has 3 rings (SSSR count). The first kappa shape index (κ1) is 24.7. The molecule has 5 nitrogen and oxygen atoms in total. The largest absolute Gasteiger partial charge is 0.481 e. The van der Waals surface area contributed by atoms with Gasteiger partial charge in [-0.25, -0.2) is 0 Å². The second-order valence-electron chi connectivity index (χ2n) is 8.24. The lowest BCUT2D eigenvalue weighted by molar-refractivity contribution is -0.146. The van der Waals surface area contributed by atoms with E-state index in [1.165, 1.54) is 18.2 Å². The van der Waals surface area contributed by atoms with Gasteiger partial charge in [0.15, 0.2) is 0 Å². The Balaban J connectivity index is 2.12. The van der Waals surface area contributed by atoms with Crippen LogP contribution in [0.25, 0.3) is 0 Å². The second kappa shape index (κ2) is 10.3. The third-order valence-electron chi connectivity index (χ3n) is 5.89. The number of alkyl halides is 2. The first-order valence-corrected chi connectivity index (χ1v) is 10.7. The minimum Gasteiger partial charge on any atom is -0.481 e. The molecule has 2 atom stereocenters. The van der Waals surface area contributed by atoms with Gasteiger partial charge in [-0.1, -0.05) is 56.3 Å². The van der Waals surface area contributed by atoms with Crippen LogP contribution in [0.1, 0.15) is 36.5 Å². The van der Waals surface area contributed by atoms with E-state index >= 15 is 0 Å². The molecule has 0 bridgehead atoms. The average Bonchev–Trinajstić information content (AvgIpc) is 2.79. The van der Waals surface area contributed by atoms with E-state index in [0.29, 0.717) is 28.2 Å². The molecule has 7 heteroatoms. The summed E-state index contributed by atoms with van der Waals surface area (Å²) in [6.07, 6.45) is 0. The number of benzene rings is 3. The van der Waals surface area contributed by atoms with Crippen LogP contribution in [0.15, 0.2) is 72.8 Å². The number of carbonyl (C=O) groups is 1. The van der Waals surface area contributed by atoms with Gasteiger partial charge in [-0.05, 0) is 59.9 Å². The summed E-state index contributed by atoms with van der Waals surface area (Å²) in [6, 6.07) is 22.3. The lowest BCUT2D eigenvalue weighted by Crippen LogP contribution is -2.46. The van der Waals surface area contributed by atoms with Crippen molar-refractivity contribution in [2.45, 2.75) is 38.7 Å². The van der Waals surface area contributed by atoms with Crippen molar-refractivity contribution >= 4 is 5.97 Å². The molecule has 0 aliphatic rings. The molecule has 0 aliphatic carbocycles. The van der Waals surface area contributed by atoms with E-state index in [2.05, 4.69) is 10.8 Å². The molecule has 1 N–H and O–H groups in total. The van der Waals surface area contributed by atoms with E-state index in [4.69, 9.17) is 4.74 Å². The highest BCUT2D eigenvalue weighted by atomic mass is 19.3. The van der Waals surface area contributed by atoms with Gasteiger partial charge < -0.3 is 14.6 Å². The molecule has 176 valence electrons. The predicted octanol–water partition coefficient (Wildman–Crippen LogP) is 6.67. The fourth-order valence-corrected chi connectivity index (χ4v) is 4.28. The molecule has 0 saturated carbocycles. The highest BCUT2D eigenvalue weighted by molar-refractivity contribution is 5.84. The van der Waals surface area contributed by atoms with E-state index in [-0.39, 0.29) is 5.75 Å². The van der Waals surface area contributed by atoms with Crippen LogP contribution in [-0.2, 0) is 10.2 Å². The Kier molecular flexibility index (Phi) is 7.52. The fraction of sp³-hybridized carbons (Fsp3) is 0.259. The van der Waals surface area contributed by atoms with E-state index in [1.807, 2.05) is 18.2 Å². The molecule has 0 fully saturated rings. The molecule has 3 aromatic carbocycles. The first-order chi connectivity index (χ1) is 16.2. The molecular formula is C27H25F2NO4. The number of aryl methyl sites for hydroxylation is 1. The summed E-state index contributed by atoms with van der Waals surface area (Å²) in [5, 5.41) is 20.7. The van der Waals surface area contributed by atoms with E-state index < -0.39 is 29.8 Å². The molecule has 0 aliphatic heterocycles. The third kappa shape index (κ3) is 4.86. The van der Waals surface area contributed by atoms with Crippen LogP contribution in [0.5, 0.6) is 17.2 Å². The van der Waals surface area contributed by atoms with Crippen molar-refractivity contribution in [3.05, 3.63) is 89.5 Å². The summed E-state index contributed by atoms with van der Waals surface area (Å²) in [7, 11) is 0. The highest BCUT2D eigenvalue weighted by Gasteiger charge is 2.51. The minimum atomic E-state index is -3.00. The van der Waals surface area contributed by atoms with Crippen LogP contribution >= 0.6 is 0 Å². The van der Waals surface area contributed by atoms with Crippen molar-refractivity contribution in [3.8, 4) is 23.3 Å². The van der Waals surface area contributed by atoms with Gasteiger partial charge in [0.1, 0.15) is 22.7 Å². The number of rotatable bonds is 9. The first-order valence-electron chi connectivity index (χ1n) is 10.7. The van der Waals surface area contributed by atoms with Crippen molar-refractivity contribution in [1.82, 2.24) is 0 Å². The van der Waals surface area contributed by atoms with E-state index in [0.717, 1.165) is 0 Å².